The fourth-order valence-corrected chi connectivity index (χ4v) is 13.8. The topological polar surface area (TPSA) is 305 Å². The summed E-state index contributed by atoms with van der Waals surface area (Å²) in [4.78, 5) is 90.1. The molecular weight excluding hydrogens is 1320 g/mol. The number of aliphatic hydroxyl groups excluding tert-OH is 1. The Morgan fingerprint density at radius 1 is 0.485 bits per heavy atom. The molecule has 0 spiro atoms. The summed E-state index contributed by atoms with van der Waals surface area (Å²) < 4.78 is 19.3. The summed E-state index contributed by atoms with van der Waals surface area (Å²) in [6, 6.07) is 41.9. The molecule has 26 heteroatoms. The SMILES string of the molecule is C=C(O)C(c1ccccc1)n1ccc2[nH][nH]c(=O)c2c1=S.CCN(CC)C(=O)C(c1ccccc1)n1ccc2[nH]ncc2c1=S.O=C(OC1CCCCC1)C(c1ccccc1)n1ccc2[nH][nH]c(=O)c2c1=O.O=C(OC1CCCCC1)C(c1ccccc1)n1ccc2[nH][nH]c(=O)c2c1=S. The van der Waals surface area contributed by atoms with Crippen LogP contribution in [-0.4, -0.2) is 112 Å². The lowest BCUT2D eigenvalue weighted by atomic mass is 9.97. The van der Waals surface area contributed by atoms with Gasteiger partial charge in [-0.1, -0.05) is 177 Å². The van der Waals surface area contributed by atoms with Crippen molar-refractivity contribution in [3.63, 3.8) is 0 Å². The second-order valence-electron chi connectivity index (χ2n) is 24.1. The zero-order chi connectivity index (χ0) is 69.7. The predicted octanol–water partition coefficient (Wildman–Crippen LogP) is 12.9. The van der Waals surface area contributed by atoms with Gasteiger partial charge in [0.05, 0.1) is 33.6 Å². The van der Waals surface area contributed by atoms with Gasteiger partial charge >= 0.3 is 11.9 Å². The highest BCUT2D eigenvalue weighted by molar-refractivity contribution is 7.72. The molecule has 0 saturated heterocycles. The lowest BCUT2D eigenvalue weighted by Crippen LogP contribution is -2.37. The Hall–Kier alpha value is -10.8. The van der Waals surface area contributed by atoms with Crippen LogP contribution in [0.25, 0.3) is 43.6 Å². The third kappa shape index (κ3) is 15.5. The first-order chi connectivity index (χ1) is 48.1. The number of pyridine rings is 4. The average Bonchev–Trinajstić information content (AvgIpc) is 1.77. The third-order valence-corrected chi connectivity index (χ3v) is 19.1. The first-order valence-electron chi connectivity index (χ1n) is 32.8. The molecule has 4 aromatic carbocycles. The highest BCUT2D eigenvalue weighted by Crippen LogP contribution is 2.31. The molecule has 2 aliphatic rings. The number of hydrogen-bond acceptors (Lipinski definition) is 14. The largest absolute Gasteiger partial charge is 0.510 e. The number of likely N-dealkylation sites (N-methyl/N-ethyl adjacent to an activating group) is 1. The molecule has 99 heavy (non-hydrogen) atoms. The van der Waals surface area contributed by atoms with E-state index in [-0.39, 0.29) is 46.3 Å². The van der Waals surface area contributed by atoms with Crippen LogP contribution in [0.3, 0.4) is 0 Å². The number of carbonyl (C=O) groups is 3. The summed E-state index contributed by atoms with van der Waals surface area (Å²) in [7, 11) is 0. The molecule has 8 heterocycles. The van der Waals surface area contributed by atoms with Gasteiger partial charge in [0.25, 0.3) is 22.2 Å². The average molecular weight is 1390 g/mol. The van der Waals surface area contributed by atoms with Crippen molar-refractivity contribution in [3.05, 3.63) is 267 Å². The van der Waals surface area contributed by atoms with Gasteiger partial charge in [0.15, 0.2) is 12.1 Å². The van der Waals surface area contributed by atoms with Crippen LogP contribution in [-0.2, 0) is 23.9 Å². The van der Waals surface area contributed by atoms with E-state index in [4.69, 9.17) is 46.1 Å². The minimum absolute atomic E-state index is 0.00361. The fraction of sp³-hybridized carbons (Fsp3) is 0.274. The quantitative estimate of drug-likeness (QED) is 0.0253. The van der Waals surface area contributed by atoms with Crippen LogP contribution < -0.4 is 22.2 Å². The maximum atomic E-state index is 13.2. The molecular formula is C73H75N13O10S3. The van der Waals surface area contributed by atoms with Gasteiger partial charge in [0, 0.05) is 37.9 Å². The summed E-state index contributed by atoms with van der Waals surface area (Å²) in [6.07, 6.45) is 18.5. The number of aromatic nitrogens is 12. The Labute approximate surface area is 581 Å². The van der Waals surface area contributed by atoms with Crippen LogP contribution in [0.5, 0.6) is 0 Å². The van der Waals surface area contributed by atoms with E-state index in [1.807, 2.05) is 145 Å². The Kier molecular flexibility index (Phi) is 22.5. The summed E-state index contributed by atoms with van der Waals surface area (Å²) >= 11 is 16.6. The van der Waals surface area contributed by atoms with Crippen molar-refractivity contribution in [1.29, 1.82) is 0 Å². The number of aromatic amines is 7. The van der Waals surface area contributed by atoms with E-state index in [9.17, 15) is 38.7 Å². The van der Waals surface area contributed by atoms with Gasteiger partial charge in [-0.3, -0.25) is 64.2 Å². The highest BCUT2D eigenvalue weighted by Gasteiger charge is 2.32. The second kappa shape index (κ2) is 32.0. The minimum Gasteiger partial charge on any atom is -0.510 e. The summed E-state index contributed by atoms with van der Waals surface area (Å²) in [6.45, 7) is 8.94. The number of benzene rings is 4. The number of allylic oxidation sites excluding steroid dienone is 1. The molecule has 12 aromatic rings. The molecule has 8 aromatic heterocycles. The number of amides is 1. The first kappa shape index (κ1) is 69.5. The van der Waals surface area contributed by atoms with E-state index in [1.165, 1.54) is 17.2 Å². The van der Waals surface area contributed by atoms with E-state index in [1.54, 1.807) is 58.1 Å². The number of esters is 2. The van der Waals surface area contributed by atoms with Crippen LogP contribution in [0, 0.1) is 13.9 Å². The van der Waals surface area contributed by atoms with E-state index >= 15 is 0 Å². The molecule has 4 unspecified atom stereocenters. The number of fused-ring (bicyclic) bond motifs is 4. The van der Waals surface area contributed by atoms with Gasteiger partial charge in [0.2, 0.25) is 5.91 Å². The van der Waals surface area contributed by atoms with Crippen molar-refractivity contribution in [2.45, 2.75) is 114 Å². The minimum atomic E-state index is -0.931. The molecule has 510 valence electrons. The summed E-state index contributed by atoms with van der Waals surface area (Å²) in [5.41, 5.74) is 4.13. The van der Waals surface area contributed by atoms with Gasteiger partial charge in [-0.05, 0) is 112 Å². The summed E-state index contributed by atoms with van der Waals surface area (Å²) in [5, 5.41) is 34.2. The van der Waals surface area contributed by atoms with E-state index in [2.05, 4.69) is 47.4 Å². The Balaban J connectivity index is 0.000000134. The highest BCUT2D eigenvalue weighted by atomic mass is 32.1. The first-order valence-corrected chi connectivity index (χ1v) is 34.0. The standard InChI is InChI=1S/C20H21N3O4.C20H21N3O3S.C18H20N4OS.C15H13N3O2S/c24-18-16-15(21-22-18)11-12-23(19(16)25)17(13-7-3-1-4-8-13)20(26)27-14-9-5-2-6-10-14;24-18-16-15(21-22-18)11-12-23(19(16)27)17(13-7-3-1-4-8-13)20(25)26-14-9-5-2-6-10-14;1-3-21(4-2)17(23)16(13-8-6-5-7-9-13)22-11-10-15-14(18(22)24)12-19-20-15;1-9(19)13(10-5-3-2-4-6-10)18-8-7-11-12(15(18)21)14(20)17-16-11/h2*1,3-4,7-8,11-12,14,17H,2,5-6,9-10H2,(H2,21,22,24);5-12,16H,3-4H2,1-2H3,(H,19,20);2-8,13,19H,1H2,(H2,16,17,20). The van der Waals surface area contributed by atoms with Crippen LogP contribution in [0.2, 0.25) is 0 Å². The van der Waals surface area contributed by atoms with Gasteiger partial charge < -0.3 is 33.2 Å². The number of H-pyrrole nitrogens is 7. The Bertz CT molecular complexity index is 5070. The van der Waals surface area contributed by atoms with Crippen LogP contribution in [0.4, 0.5) is 0 Å². The van der Waals surface area contributed by atoms with Crippen molar-refractivity contribution in [1.82, 2.24) is 64.0 Å². The Morgan fingerprint density at radius 2 is 0.838 bits per heavy atom. The number of carbonyl (C=O) groups excluding carboxylic acids is 3. The molecule has 1 amide bonds. The van der Waals surface area contributed by atoms with E-state index in [0.717, 1.165) is 85.4 Å². The van der Waals surface area contributed by atoms with Crippen molar-refractivity contribution in [2.24, 2.45) is 0 Å². The van der Waals surface area contributed by atoms with Crippen molar-refractivity contribution in [3.8, 4) is 0 Å². The molecule has 0 bridgehead atoms. The van der Waals surface area contributed by atoms with E-state index in [0.29, 0.717) is 59.9 Å². The smallest absolute Gasteiger partial charge is 0.334 e. The van der Waals surface area contributed by atoms with Gasteiger partial charge in [-0.2, -0.15) is 5.10 Å². The monoisotopic (exact) mass is 1390 g/mol. The third-order valence-electron chi connectivity index (χ3n) is 17.8. The molecule has 4 atom stereocenters. The molecule has 8 N–H and O–H groups in total. The number of aliphatic hydroxyl groups is 1. The van der Waals surface area contributed by atoms with Crippen LogP contribution in [0.1, 0.15) is 124 Å². The molecule has 2 aliphatic carbocycles. The fourth-order valence-electron chi connectivity index (χ4n) is 12.8. The zero-order valence-electron chi connectivity index (χ0n) is 54.4. The molecule has 0 radical (unpaired) electrons. The molecule has 2 saturated carbocycles. The van der Waals surface area contributed by atoms with Crippen molar-refractivity contribution in [2.75, 3.05) is 13.1 Å². The van der Waals surface area contributed by atoms with E-state index < -0.39 is 41.3 Å². The maximum Gasteiger partial charge on any atom is 0.334 e. The van der Waals surface area contributed by atoms with Crippen LogP contribution in [0.15, 0.2) is 208 Å². The van der Waals surface area contributed by atoms with Crippen LogP contribution >= 0.6 is 36.7 Å². The lowest BCUT2D eigenvalue weighted by Gasteiger charge is -2.27. The predicted molar refractivity (Wildman–Crippen MR) is 388 cm³/mol. The van der Waals surface area contributed by atoms with Crippen molar-refractivity contribution < 1.29 is 29.0 Å². The van der Waals surface area contributed by atoms with Gasteiger partial charge in [0.1, 0.15) is 60.1 Å². The number of nitrogens with zero attached hydrogens (tertiary/aromatic N) is 6. The molecule has 2 fully saturated rings. The number of nitrogens with one attached hydrogen (secondary N) is 7. The molecule has 14 rings (SSSR count). The summed E-state index contributed by atoms with van der Waals surface area (Å²) in [5.74, 6) is -0.800. The molecule has 0 aliphatic heterocycles. The van der Waals surface area contributed by atoms with Gasteiger partial charge in [-0.25, -0.2) is 9.59 Å². The van der Waals surface area contributed by atoms with Gasteiger partial charge in [-0.15, -0.1) is 0 Å². The van der Waals surface area contributed by atoms with Crippen molar-refractivity contribution >= 4 is 98.1 Å². The lowest BCUT2D eigenvalue weighted by molar-refractivity contribution is -0.154. The Morgan fingerprint density at radius 3 is 1.26 bits per heavy atom. The number of ether oxygens (including phenoxy) is 2. The number of rotatable bonds is 16. The number of hydrogen-bond donors (Lipinski definition) is 8. The molecule has 23 nitrogen and oxygen atoms in total. The second-order valence-corrected chi connectivity index (χ2v) is 25.2. The zero-order valence-corrected chi connectivity index (χ0v) is 56.9. The normalized spacial score (nSPS) is 14.5. The maximum absolute atomic E-state index is 13.2.